The first kappa shape index (κ1) is 12.4. The Hall–Kier alpha value is -2.08. The average molecular weight is 249 g/mol. The standard InChI is InChI=1S/C12H15N3O3/c1-8-3-4-10(18-8)12(2,17)7-13-11(16)9-5-6-14-15-9/h3-6,17H,7H2,1-2H3,(H,13,16)(H,14,15). The number of nitrogens with one attached hydrogen (secondary N) is 2. The lowest BCUT2D eigenvalue weighted by molar-refractivity contribution is 0.0322. The number of aliphatic hydroxyl groups is 1. The van der Waals surface area contributed by atoms with Crippen molar-refractivity contribution >= 4 is 5.91 Å². The molecule has 18 heavy (non-hydrogen) atoms. The van der Waals surface area contributed by atoms with Gasteiger partial charge >= 0.3 is 0 Å². The second-order valence-corrected chi connectivity index (χ2v) is 4.34. The quantitative estimate of drug-likeness (QED) is 0.752. The topological polar surface area (TPSA) is 91.1 Å². The van der Waals surface area contributed by atoms with Gasteiger partial charge in [-0.15, -0.1) is 0 Å². The van der Waals surface area contributed by atoms with Crippen LogP contribution in [-0.4, -0.2) is 27.8 Å². The van der Waals surface area contributed by atoms with Crippen LogP contribution >= 0.6 is 0 Å². The van der Waals surface area contributed by atoms with Gasteiger partial charge in [-0.05, 0) is 32.0 Å². The molecule has 0 fully saturated rings. The molecule has 6 nitrogen and oxygen atoms in total. The van der Waals surface area contributed by atoms with Crippen molar-refractivity contribution in [3.63, 3.8) is 0 Å². The summed E-state index contributed by atoms with van der Waals surface area (Å²) in [6.45, 7) is 3.43. The van der Waals surface area contributed by atoms with Crippen LogP contribution in [-0.2, 0) is 5.60 Å². The number of nitrogens with zero attached hydrogens (tertiary/aromatic N) is 1. The minimum atomic E-state index is -1.25. The first-order chi connectivity index (χ1) is 8.49. The lowest BCUT2D eigenvalue weighted by atomic mass is 10.0. The van der Waals surface area contributed by atoms with Gasteiger partial charge in [-0.25, -0.2) is 0 Å². The molecule has 2 aromatic rings. The van der Waals surface area contributed by atoms with E-state index in [0.717, 1.165) is 0 Å². The van der Waals surface area contributed by atoms with E-state index in [0.29, 0.717) is 17.2 Å². The van der Waals surface area contributed by atoms with Gasteiger partial charge < -0.3 is 14.8 Å². The number of amides is 1. The molecule has 0 radical (unpaired) electrons. The molecular weight excluding hydrogens is 234 g/mol. The molecule has 1 atom stereocenters. The molecule has 0 bridgehead atoms. The summed E-state index contributed by atoms with van der Waals surface area (Å²) in [5.74, 6) is 0.811. The maximum absolute atomic E-state index is 11.7. The van der Waals surface area contributed by atoms with Gasteiger partial charge in [0.1, 0.15) is 22.8 Å². The van der Waals surface area contributed by atoms with Crippen LogP contribution in [0.1, 0.15) is 28.9 Å². The van der Waals surface area contributed by atoms with Gasteiger partial charge in [0.25, 0.3) is 5.91 Å². The highest BCUT2D eigenvalue weighted by Gasteiger charge is 2.27. The number of rotatable bonds is 4. The number of carbonyl (C=O) groups excluding carboxylic acids is 1. The zero-order valence-electron chi connectivity index (χ0n) is 10.2. The Morgan fingerprint density at radius 3 is 2.89 bits per heavy atom. The molecule has 96 valence electrons. The first-order valence-electron chi connectivity index (χ1n) is 5.56. The molecule has 1 amide bonds. The molecule has 3 N–H and O–H groups in total. The van der Waals surface area contributed by atoms with E-state index in [1.54, 1.807) is 32.0 Å². The Bertz CT molecular complexity index is 529. The fourth-order valence-electron chi connectivity index (χ4n) is 1.54. The molecule has 0 saturated heterocycles. The van der Waals surface area contributed by atoms with Crippen molar-refractivity contribution in [1.29, 1.82) is 0 Å². The van der Waals surface area contributed by atoms with Gasteiger partial charge in [0, 0.05) is 6.20 Å². The van der Waals surface area contributed by atoms with Crippen molar-refractivity contribution in [2.75, 3.05) is 6.54 Å². The van der Waals surface area contributed by atoms with Crippen molar-refractivity contribution in [2.45, 2.75) is 19.4 Å². The van der Waals surface area contributed by atoms with E-state index in [1.165, 1.54) is 6.20 Å². The van der Waals surface area contributed by atoms with Crippen molar-refractivity contribution in [1.82, 2.24) is 15.5 Å². The summed E-state index contributed by atoms with van der Waals surface area (Å²) in [5, 5.41) is 19.1. The molecular formula is C12H15N3O3. The van der Waals surface area contributed by atoms with Crippen molar-refractivity contribution in [3.05, 3.63) is 41.6 Å². The van der Waals surface area contributed by atoms with Crippen LogP contribution in [0.25, 0.3) is 0 Å². The van der Waals surface area contributed by atoms with E-state index in [4.69, 9.17) is 4.42 Å². The van der Waals surface area contributed by atoms with Crippen LogP contribution in [0.3, 0.4) is 0 Å². The molecule has 0 aliphatic heterocycles. The van der Waals surface area contributed by atoms with E-state index in [1.807, 2.05) is 0 Å². The van der Waals surface area contributed by atoms with Crippen LogP contribution < -0.4 is 5.32 Å². The lowest BCUT2D eigenvalue weighted by Gasteiger charge is -2.20. The minimum absolute atomic E-state index is 0.0534. The Morgan fingerprint density at radius 2 is 2.33 bits per heavy atom. The molecule has 2 rings (SSSR count). The summed E-state index contributed by atoms with van der Waals surface area (Å²) in [6.07, 6.45) is 1.49. The Balaban J connectivity index is 1.99. The summed E-state index contributed by atoms with van der Waals surface area (Å²) < 4.78 is 5.35. The fourth-order valence-corrected chi connectivity index (χ4v) is 1.54. The van der Waals surface area contributed by atoms with Gasteiger partial charge in [-0.3, -0.25) is 9.89 Å². The van der Waals surface area contributed by atoms with Crippen molar-refractivity contribution in [3.8, 4) is 0 Å². The highest BCUT2D eigenvalue weighted by molar-refractivity contribution is 5.92. The molecule has 0 saturated carbocycles. The highest BCUT2D eigenvalue weighted by atomic mass is 16.4. The van der Waals surface area contributed by atoms with Crippen LogP contribution in [0.5, 0.6) is 0 Å². The maximum atomic E-state index is 11.7. The van der Waals surface area contributed by atoms with Gasteiger partial charge in [0.05, 0.1) is 6.54 Å². The number of aromatic nitrogens is 2. The normalized spacial score (nSPS) is 14.2. The van der Waals surface area contributed by atoms with E-state index < -0.39 is 5.60 Å². The van der Waals surface area contributed by atoms with E-state index in [-0.39, 0.29) is 12.5 Å². The number of aryl methyl sites for hydroxylation is 1. The average Bonchev–Trinajstić information content (AvgIpc) is 2.96. The zero-order valence-corrected chi connectivity index (χ0v) is 10.2. The van der Waals surface area contributed by atoms with Crippen molar-refractivity contribution in [2.24, 2.45) is 0 Å². The third kappa shape index (κ3) is 2.60. The second kappa shape index (κ2) is 4.66. The number of aromatic amines is 1. The molecule has 1 unspecified atom stereocenters. The zero-order chi connectivity index (χ0) is 13.2. The number of hydrogen-bond donors (Lipinski definition) is 3. The number of H-pyrrole nitrogens is 1. The molecule has 0 spiro atoms. The van der Waals surface area contributed by atoms with E-state index in [9.17, 15) is 9.90 Å². The molecule has 0 aromatic carbocycles. The summed E-state index contributed by atoms with van der Waals surface area (Å²) >= 11 is 0. The van der Waals surface area contributed by atoms with Crippen LogP contribution in [0, 0.1) is 6.92 Å². The predicted molar refractivity (Wildman–Crippen MR) is 63.9 cm³/mol. The van der Waals surface area contributed by atoms with Gasteiger partial charge in [-0.1, -0.05) is 0 Å². The van der Waals surface area contributed by atoms with E-state index >= 15 is 0 Å². The highest BCUT2D eigenvalue weighted by Crippen LogP contribution is 2.21. The summed E-state index contributed by atoms with van der Waals surface area (Å²) in [4.78, 5) is 11.7. The van der Waals surface area contributed by atoms with Crippen LogP contribution in [0.2, 0.25) is 0 Å². The number of carbonyl (C=O) groups is 1. The number of furan rings is 1. The molecule has 2 aromatic heterocycles. The third-order valence-electron chi connectivity index (χ3n) is 2.61. The summed E-state index contributed by atoms with van der Waals surface area (Å²) in [5.41, 5.74) is -0.898. The van der Waals surface area contributed by atoms with Gasteiger partial charge in [-0.2, -0.15) is 5.10 Å². The van der Waals surface area contributed by atoms with Crippen molar-refractivity contribution < 1.29 is 14.3 Å². The minimum Gasteiger partial charge on any atom is -0.463 e. The Labute approximate surface area is 104 Å². The smallest absolute Gasteiger partial charge is 0.269 e. The Kier molecular flexibility index (Phi) is 3.20. The lowest BCUT2D eigenvalue weighted by Crippen LogP contribution is -2.38. The first-order valence-corrected chi connectivity index (χ1v) is 5.56. The molecule has 6 heteroatoms. The van der Waals surface area contributed by atoms with Crippen LogP contribution in [0.15, 0.2) is 28.8 Å². The largest absolute Gasteiger partial charge is 0.463 e. The summed E-state index contributed by atoms with van der Waals surface area (Å²) in [7, 11) is 0. The second-order valence-electron chi connectivity index (χ2n) is 4.34. The van der Waals surface area contributed by atoms with Crippen LogP contribution in [0.4, 0.5) is 0 Å². The molecule has 2 heterocycles. The number of hydrogen-bond acceptors (Lipinski definition) is 4. The van der Waals surface area contributed by atoms with Gasteiger partial charge in [0.2, 0.25) is 0 Å². The SMILES string of the molecule is Cc1ccc(C(C)(O)CNC(=O)c2ccn[nH]2)o1. The monoisotopic (exact) mass is 249 g/mol. The molecule has 0 aliphatic rings. The Morgan fingerprint density at radius 1 is 1.56 bits per heavy atom. The molecule has 0 aliphatic carbocycles. The predicted octanol–water partition coefficient (Wildman–Crippen LogP) is 0.949. The third-order valence-corrected chi connectivity index (χ3v) is 2.61. The van der Waals surface area contributed by atoms with E-state index in [2.05, 4.69) is 15.5 Å². The maximum Gasteiger partial charge on any atom is 0.269 e. The fraction of sp³-hybridized carbons (Fsp3) is 0.333. The summed E-state index contributed by atoms with van der Waals surface area (Å²) in [6, 6.07) is 5.01. The van der Waals surface area contributed by atoms with Gasteiger partial charge in [0.15, 0.2) is 0 Å².